The van der Waals surface area contributed by atoms with Crippen molar-refractivity contribution < 1.29 is 14.4 Å². The Morgan fingerprint density at radius 1 is 1.58 bits per heavy atom. The van der Waals surface area contributed by atoms with Gasteiger partial charge in [0.2, 0.25) is 6.54 Å². The van der Waals surface area contributed by atoms with Crippen molar-refractivity contribution in [3.8, 4) is 6.07 Å². The van der Waals surface area contributed by atoms with Crippen LogP contribution in [0.4, 0.5) is 0 Å². The number of rotatable bonds is 5. The van der Waals surface area contributed by atoms with Gasteiger partial charge in [-0.25, -0.2) is 0 Å². The minimum atomic E-state index is -0.866. The Kier molecular flexibility index (Phi) is 4.92. The Morgan fingerprint density at radius 3 is 2.33 bits per heavy atom. The fourth-order valence-electron chi connectivity index (χ4n) is 0.773. The van der Waals surface area contributed by atoms with E-state index in [1.54, 1.807) is 6.07 Å². The topological polar surface area (TPSA) is 85.4 Å². The average molecular weight is 174 g/mol. The first-order chi connectivity index (χ1) is 5.65. The highest BCUT2D eigenvalue weighted by Crippen LogP contribution is 2.06. The summed E-state index contributed by atoms with van der Waals surface area (Å²) in [5.74, 6) is -0.866. The van der Waals surface area contributed by atoms with Crippen molar-refractivity contribution in [1.82, 2.24) is 0 Å². The van der Waals surface area contributed by atoms with Crippen molar-refractivity contribution in [2.24, 2.45) is 5.92 Å². The second-order valence-corrected chi connectivity index (χ2v) is 2.09. The van der Waals surface area contributed by atoms with Crippen LogP contribution < -0.4 is 0 Å². The number of hydrogen-bond donors (Lipinski definition) is 0. The molecule has 0 spiro atoms. The van der Waals surface area contributed by atoms with Gasteiger partial charge in [0.15, 0.2) is 12.2 Å². The van der Waals surface area contributed by atoms with Crippen molar-refractivity contribution >= 4 is 0 Å². The summed E-state index contributed by atoms with van der Waals surface area (Å²) in [5.41, 5.74) is 0. The predicted molar refractivity (Wildman–Crippen MR) is 38.8 cm³/mol. The zero-order valence-electron chi connectivity index (χ0n) is 6.89. The molecule has 68 valence electrons. The zero-order valence-corrected chi connectivity index (χ0v) is 6.89. The molecule has 0 aromatic heterocycles. The van der Waals surface area contributed by atoms with Gasteiger partial charge in [0, 0.05) is 19.1 Å². The van der Waals surface area contributed by atoms with Gasteiger partial charge in [-0.2, -0.15) is 5.26 Å². The van der Waals surface area contributed by atoms with E-state index in [1.165, 1.54) is 14.2 Å². The molecule has 1 atom stereocenters. The van der Waals surface area contributed by atoms with Gasteiger partial charge in [-0.05, 0) is 0 Å². The second kappa shape index (κ2) is 5.46. The van der Waals surface area contributed by atoms with Gasteiger partial charge < -0.3 is 9.47 Å². The molecule has 0 aromatic rings. The minimum absolute atomic E-state index is 0.469. The molecule has 0 aromatic carbocycles. The fraction of sp³-hybridized carbons (Fsp3) is 0.833. The van der Waals surface area contributed by atoms with E-state index in [1.807, 2.05) is 0 Å². The molecule has 0 rings (SSSR count). The molecule has 0 saturated carbocycles. The second-order valence-electron chi connectivity index (χ2n) is 2.09. The Labute approximate surface area is 69.8 Å². The van der Waals surface area contributed by atoms with E-state index >= 15 is 0 Å². The molecule has 0 radical (unpaired) electrons. The maximum Gasteiger partial charge on any atom is 0.224 e. The van der Waals surface area contributed by atoms with Gasteiger partial charge in [-0.1, -0.05) is 0 Å². The summed E-state index contributed by atoms with van der Waals surface area (Å²) < 4.78 is 9.41. The van der Waals surface area contributed by atoms with Gasteiger partial charge in [-0.3, -0.25) is 10.1 Å². The van der Waals surface area contributed by atoms with Crippen LogP contribution in [0.1, 0.15) is 0 Å². The van der Waals surface area contributed by atoms with Crippen LogP contribution in [0.3, 0.4) is 0 Å². The lowest BCUT2D eigenvalue weighted by molar-refractivity contribution is -0.490. The molecule has 0 aliphatic rings. The van der Waals surface area contributed by atoms with Crippen LogP contribution in [0.5, 0.6) is 0 Å². The lowest BCUT2D eigenvalue weighted by Gasteiger charge is -2.15. The van der Waals surface area contributed by atoms with E-state index in [9.17, 15) is 10.1 Å². The number of nitriles is 1. The van der Waals surface area contributed by atoms with Crippen LogP contribution >= 0.6 is 0 Å². The van der Waals surface area contributed by atoms with Crippen LogP contribution in [-0.2, 0) is 9.47 Å². The lowest BCUT2D eigenvalue weighted by Crippen LogP contribution is -2.29. The summed E-state index contributed by atoms with van der Waals surface area (Å²) in [4.78, 5) is 9.48. The van der Waals surface area contributed by atoms with Crippen LogP contribution in [0, 0.1) is 27.4 Å². The van der Waals surface area contributed by atoms with Crippen LogP contribution in [0.15, 0.2) is 0 Å². The number of nitro groups is 1. The molecule has 0 bridgehead atoms. The number of ether oxygens (including phenoxy) is 2. The van der Waals surface area contributed by atoms with Crippen LogP contribution in [0.2, 0.25) is 0 Å². The average Bonchev–Trinajstić information content (AvgIpc) is 2.04. The first-order valence-corrected chi connectivity index (χ1v) is 3.22. The van der Waals surface area contributed by atoms with Gasteiger partial charge in [0.1, 0.15) is 0 Å². The first kappa shape index (κ1) is 10.8. The standard InChI is InChI=1S/C6H10N2O4/c1-11-6(12-2)5(3-7)4-8(9)10/h5-6H,4H2,1-2H3. The zero-order chi connectivity index (χ0) is 9.56. The van der Waals surface area contributed by atoms with E-state index in [2.05, 4.69) is 0 Å². The largest absolute Gasteiger partial charge is 0.354 e. The molecule has 6 heteroatoms. The Bertz CT molecular complexity index is 184. The highest BCUT2D eigenvalue weighted by molar-refractivity contribution is 4.84. The highest BCUT2D eigenvalue weighted by atomic mass is 16.7. The Morgan fingerprint density at radius 2 is 2.08 bits per heavy atom. The Balaban J connectivity index is 4.13. The fourth-order valence-corrected chi connectivity index (χ4v) is 0.773. The van der Waals surface area contributed by atoms with E-state index in [0.29, 0.717) is 0 Å². The third-order valence-corrected chi connectivity index (χ3v) is 1.30. The monoisotopic (exact) mass is 174 g/mol. The summed E-state index contributed by atoms with van der Waals surface area (Å²) in [6.07, 6.45) is -0.833. The summed E-state index contributed by atoms with van der Waals surface area (Å²) in [6, 6.07) is 1.74. The molecule has 12 heavy (non-hydrogen) atoms. The van der Waals surface area contributed by atoms with Gasteiger partial charge >= 0.3 is 0 Å². The summed E-state index contributed by atoms with van der Waals surface area (Å²) in [7, 11) is 2.66. The highest BCUT2D eigenvalue weighted by Gasteiger charge is 2.25. The van der Waals surface area contributed by atoms with Crippen molar-refractivity contribution in [2.75, 3.05) is 20.8 Å². The van der Waals surface area contributed by atoms with Gasteiger partial charge in [0.25, 0.3) is 0 Å². The van der Waals surface area contributed by atoms with Crippen molar-refractivity contribution in [1.29, 1.82) is 5.26 Å². The molecule has 1 unspecified atom stereocenters. The third kappa shape index (κ3) is 3.27. The third-order valence-electron chi connectivity index (χ3n) is 1.30. The summed E-state index contributed by atoms with van der Waals surface area (Å²) in [5, 5.41) is 18.5. The van der Waals surface area contributed by atoms with E-state index in [-0.39, 0.29) is 0 Å². The molecule has 0 fully saturated rings. The number of nitrogens with zero attached hydrogens (tertiary/aromatic N) is 2. The molecule has 6 nitrogen and oxygen atoms in total. The molecular weight excluding hydrogens is 164 g/mol. The lowest BCUT2D eigenvalue weighted by atomic mass is 10.1. The molecular formula is C6H10N2O4. The molecule has 0 aliphatic heterocycles. The quantitative estimate of drug-likeness (QED) is 0.333. The van der Waals surface area contributed by atoms with Crippen LogP contribution in [-0.4, -0.2) is 32.0 Å². The summed E-state index contributed by atoms with van der Waals surface area (Å²) >= 11 is 0. The maximum absolute atomic E-state index is 10.0. The van der Waals surface area contributed by atoms with Gasteiger partial charge in [0.05, 0.1) is 6.07 Å². The smallest absolute Gasteiger partial charge is 0.224 e. The normalized spacial score (nSPS) is 12.5. The maximum atomic E-state index is 10.0. The predicted octanol–water partition coefficient (Wildman–Crippen LogP) is 0.0218. The molecule has 0 saturated heterocycles. The SMILES string of the molecule is COC(OC)C(C#N)C[N+](=O)[O-]. The van der Waals surface area contributed by atoms with Gasteiger partial charge in [-0.15, -0.1) is 0 Å². The number of methoxy groups -OCH3 is 2. The van der Waals surface area contributed by atoms with Crippen molar-refractivity contribution in [3.05, 3.63) is 10.1 Å². The number of hydrogen-bond acceptors (Lipinski definition) is 5. The summed E-state index contributed by atoms with van der Waals surface area (Å²) in [6.45, 7) is -0.469. The minimum Gasteiger partial charge on any atom is -0.354 e. The van der Waals surface area contributed by atoms with E-state index < -0.39 is 23.7 Å². The molecule has 0 heterocycles. The Hall–Kier alpha value is -1.19. The molecule has 0 N–H and O–H groups in total. The first-order valence-electron chi connectivity index (χ1n) is 3.22. The molecule has 0 aliphatic carbocycles. The van der Waals surface area contributed by atoms with Crippen LogP contribution in [0.25, 0.3) is 0 Å². The van der Waals surface area contributed by atoms with Crippen molar-refractivity contribution in [3.63, 3.8) is 0 Å². The van der Waals surface area contributed by atoms with E-state index in [4.69, 9.17) is 14.7 Å². The van der Waals surface area contributed by atoms with Crippen molar-refractivity contribution in [2.45, 2.75) is 6.29 Å². The van der Waals surface area contributed by atoms with E-state index in [0.717, 1.165) is 0 Å². The molecule has 0 amide bonds.